The average Bonchev–Trinajstić information content (AvgIpc) is 3.37. The molecule has 0 aromatic heterocycles. The van der Waals surface area contributed by atoms with Gasteiger partial charge in [0.05, 0.1) is 0 Å². The lowest BCUT2D eigenvalue weighted by molar-refractivity contribution is -0.424. The van der Waals surface area contributed by atoms with Crippen LogP contribution in [0.1, 0.15) is 47.5 Å². The SMILES string of the molecule is C=C(COC(=S)SC)C[C@]12OC(C)(C)O[C@H]1C=C[C@H]2[C@]12OC3(C)OC([C@H]1OC(=S)SC)[C@](C(=C)C)(C[C@H]2C)O3. The lowest BCUT2D eigenvalue weighted by Gasteiger charge is -2.60. The zero-order chi connectivity index (χ0) is 28.6. The Labute approximate surface area is 250 Å². The van der Waals surface area contributed by atoms with Crippen LogP contribution in [0.4, 0.5) is 0 Å². The van der Waals surface area contributed by atoms with Crippen molar-refractivity contribution in [2.45, 2.75) is 94.3 Å². The summed E-state index contributed by atoms with van der Waals surface area (Å²) in [5, 5.41) is 0. The van der Waals surface area contributed by atoms with Gasteiger partial charge in [-0.05, 0) is 81.2 Å². The highest BCUT2D eigenvalue weighted by Gasteiger charge is 2.80. The van der Waals surface area contributed by atoms with Crippen LogP contribution in [-0.4, -0.2) is 74.8 Å². The topological polar surface area (TPSA) is 64.6 Å². The van der Waals surface area contributed by atoms with Gasteiger partial charge in [0, 0.05) is 19.3 Å². The molecule has 5 rings (SSSR count). The quantitative estimate of drug-likeness (QED) is 0.254. The zero-order valence-corrected chi connectivity index (χ0v) is 26.8. The minimum absolute atomic E-state index is 0.0444. The van der Waals surface area contributed by atoms with E-state index >= 15 is 0 Å². The lowest BCUT2D eigenvalue weighted by Crippen LogP contribution is -2.74. The molecule has 39 heavy (non-hydrogen) atoms. The molecule has 3 saturated heterocycles. The van der Waals surface area contributed by atoms with Crippen LogP contribution in [-0.2, 0) is 33.2 Å². The van der Waals surface area contributed by atoms with Crippen molar-refractivity contribution >= 4 is 56.7 Å². The summed E-state index contributed by atoms with van der Waals surface area (Å²) in [5.74, 6) is -2.46. The molecular formula is C28H38O7S4. The molecule has 0 amide bonds. The number of hydrogen-bond donors (Lipinski definition) is 0. The second-order valence-corrected chi connectivity index (χ2v) is 14.6. The van der Waals surface area contributed by atoms with Gasteiger partial charge >= 0.3 is 0 Å². The van der Waals surface area contributed by atoms with E-state index in [1.165, 1.54) is 23.5 Å². The summed E-state index contributed by atoms with van der Waals surface area (Å²) in [4.78, 5) is 0. The van der Waals surface area contributed by atoms with Crippen LogP contribution in [0.25, 0.3) is 0 Å². The first-order chi connectivity index (χ1) is 18.2. The van der Waals surface area contributed by atoms with Crippen molar-refractivity contribution in [1.82, 2.24) is 0 Å². The second-order valence-electron chi connectivity index (χ2n) is 11.8. The van der Waals surface area contributed by atoms with Gasteiger partial charge in [0.2, 0.25) is 8.77 Å². The van der Waals surface area contributed by atoms with Crippen molar-refractivity contribution in [2.75, 3.05) is 19.1 Å². The Morgan fingerprint density at radius 3 is 2.36 bits per heavy atom. The first-order valence-electron chi connectivity index (χ1n) is 13.1. The van der Waals surface area contributed by atoms with Crippen molar-refractivity contribution in [1.29, 1.82) is 0 Å². The highest BCUT2D eigenvalue weighted by atomic mass is 32.2. The van der Waals surface area contributed by atoms with E-state index in [9.17, 15) is 0 Å². The smallest absolute Gasteiger partial charge is 0.282 e. The van der Waals surface area contributed by atoms with E-state index in [-0.39, 0.29) is 24.5 Å². The predicted molar refractivity (Wildman–Crippen MR) is 162 cm³/mol. The van der Waals surface area contributed by atoms with E-state index in [1.54, 1.807) is 0 Å². The maximum atomic E-state index is 7.02. The van der Waals surface area contributed by atoms with Crippen molar-refractivity contribution in [3.05, 3.63) is 36.5 Å². The van der Waals surface area contributed by atoms with Crippen LogP contribution in [0.3, 0.4) is 0 Å². The molecule has 1 saturated carbocycles. The lowest BCUT2D eigenvalue weighted by atomic mass is 9.57. The number of thiocarbonyl (C=S) groups is 2. The molecule has 4 fully saturated rings. The van der Waals surface area contributed by atoms with Gasteiger partial charge in [-0.15, -0.1) is 0 Å². The minimum atomic E-state index is -1.29. The van der Waals surface area contributed by atoms with Crippen LogP contribution in [0.2, 0.25) is 0 Å². The molecule has 0 aromatic rings. The molecule has 0 N–H and O–H groups in total. The fourth-order valence-electron chi connectivity index (χ4n) is 7.42. The molecule has 2 unspecified atom stereocenters. The summed E-state index contributed by atoms with van der Waals surface area (Å²) >= 11 is 13.6. The molecule has 3 aliphatic heterocycles. The Morgan fingerprint density at radius 2 is 1.72 bits per heavy atom. The van der Waals surface area contributed by atoms with E-state index < -0.39 is 40.8 Å². The first kappa shape index (κ1) is 30.0. The molecule has 3 heterocycles. The van der Waals surface area contributed by atoms with Gasteiger partial charge in [0.1, 0.15) is 35.6 Å². The van der Waals surface area contributed by atoms with Crippen LogP contribution >= 0.6 is 48.0 Å². The zero-order valence-electron chi connectivity index (χ0n) is 23.6. The Morgan fingerprint density at radius 1 is 1.03 bits per heavy atom. The average molecular weight is 615 g/mol. The van der Waals surface area contributed by atoms with E-state index in [0.29, 0.717) is 21.6 Å². The van der Waals surface area contributed by atoms with E-state index in [4.69, 9.17) is 57.6 Å². The summed E-state index contributed by atoms with van der Waals surface area (Å²) in [6.45, 7) is 18.8. The molecule has 0 radical (unpaired) electrons. The fourth-order valence-corrected chi connectivity index (χ4v) is 7.96. The Bertz CT molecular complexity index is 1130. The molecule has 9 atom stereocenters. The van der Waals surface area contributed by atoms with Crippen LogP contribution in [0.15, 0.2) is 36.5 Å². The first-order valence-corrected chi connectivity index (χ1v) is 16.4. The van der Waals surface area contributed by atoms with Gasteiger partial charge < -0.3 is 33.2 Å². The summed E-state index contributed by atoms with van der Waals surface area (Å²) in [6.07, 6.45) is 7.76. The standard InChI is InChI=1S/C28H38O7S4/c1-15(2)26-13-17(4)28(21(30-23(37)39-9)20(26)32-25(7,34-26)35-28)18-10-11-19-27(18,33-24(5,6)31-19)12-16(3)14-29-22(36)38-8/h10-11,17-21H,1,3,12-14H2,2,4-9H3/t17-,18-,19+,20?,21-,25?,26-,27-,28+/m1/s1. The Kier molecular flexibility index (Phi) is 7.73. The fraction of sp³-hybridized carbons (Fsp3) is 0.714. The molecule has 2 aliphatic carbocycles. The third-order valence-corrected chi connectivity index (χ3v) is 10.7. The molecule has 0 spiro atoms. The maximum Gasteiger partial charge on any atom is 0.282 e. The van der Waals surface area contributed by atoms with E-state index in [2.05, 4.69) is 32.2 Å². The molecule has 3 bridgehead atoms. The highest BCUT2D eigenvalue weighted by Crippen LogP contribution is 2.66. The minimum Gasteiger partial charge on any atom is -0.474 e. The largest absolute Gasteiger partial charge is 0.474 e. The molecule has 0 aromatic carbocycles. The van der Waals surface area contributed by atoms with Gasteiger partial charge in [-0.1, -0.05) is 55.8 Å². The van der Waals surface area contributed by atoms with E-state index in [1.807, 2.05) is 40.2 Å². The number of rotatable bonds is 7. The highest BCUT2D eigenvalue weighted by molar-refractivity contribution is 8.22. The van der Waals surface area contributed by atoms with Crippen molar-refractivity contribution in [3.8, 4) is 0 Å². The van der Waals surface area contributed by atoms with E-state index in [0.717, 1.165) is 11.1 Å². The monoisotopic (exact) mass is 614 g/mol. The molecule has 7 nitrogen and oxygen atoms in total. The molecular weight excluding hydrogens is 577 g/mol. The number of thioether (sulfide) groups is 2. The van der Waals surface area contributed by atoms with Gasteiger partial charge in [-0.2, -0.15) is 0 Å². The van der Waals surface area contributed by atoms with Crippen molar-refractivity contribution in [3.63, 3.8) is 0 Å². The van der Waals surface area contributed by atoms with Gasteiger partial charge in [0.25, 0.3) is 5.97 Å². The van der Waals surface area contributed by atoms with Crippen molar-refractivity contribution in [2.24, 2.45) is 11.8 Å². The van der Waals surface area contributed by atoms with Gasteiger partial charge in [-0.25, -0.2) is 0 Å². The normalized spacial score (nSPS) is 44.7. The summed E-state index contributed by atoms with van der Waals surface area (Å²) in [7, 11) is 0. The summed E-state index contributed by atoms with van der Waals surface area (Å²) in [6, 6.07) is 0. The Hall–Kier alpha value is -0.500. The number of fused-ring (bicyclic) bond motifs is 3. The third-order valence-electron chi connectivity index (χ3n) is 8.65. The van der Waals surface area contributed by atoms with Gasteiger partial charge in [0.15, 0.2) is 11.9 Å². The summed E-state index contributed by atoms with van der Waals surface area (Å²) in [5.41, 5.74) is -0.802. The molecule has 11 heteroatoms. The molecule has 5 aliphatic rings. The Balaban J connectivity index is 1.61. The van der Waals surface area contributed by atoms with Crippen LogP contribution in [0.5, 0.6) is 0 Å². The maximum absolute atomic E-state index is 7.02. The molecule has 216 valence electrons. The van der Waals surface area contributed by atoms with Crippen molar-refractivity contribution < 1.29 is 33.2 Å². The predicted octanol–water partition coefficient (Wildman–Crippen LogP) is 5.92. The summed E-state index contributed by atoms with van der Waals surface area (Å²) < 4.78 is 46.7. The van der Waals surface area contributed by atoms with Gasteiger partial charge in [-0.3, -0.25) is 0 Å². The van der Waals surface area contributed by atoms with Crippen LogP contribution < -0.4 is 0 Å². The van der Waals surface area contributed by atoms with Crippen LogP contribution in [0, 0.1) is 11.8 Å². The third kappa shape index (κ3) is 4.59. The number of ether oxygens (including phenoxy) is 7. The number of hydrogen-bond acceptors (Lipinski definition) is 11. The second kappa shape index (κ2) is 10.1.